The molecule has 0 unspecified atom stereocenters. The Balaban J connectivity index is 1.41. The standard InChI is InChI=1S/C25H27N7/c1-3-23(19-6-7-27-25(14-19)32-10-8-26-9-11-32)30-24-13-21-12-18(4-5-20(21)15-28-24)22-16-29-31(2)17-22/h3-7,12-17,26H,8-11H2,1-2H3,(H,28,30)/b23-3+. The fraction of sp³-hybridized carbons (Fsp3) is 0.240. The minimum Gasteiger partial charge on any atom is -0.354 e. The molecule has 162 valence electrons. The molecule has 4 aromatic rings. The number of benzene rings is 1. The maximum atomic E-state index is 4.64. The van der Waals surface area contributed by atoms with Gasteiger partial charge in [0.2, 0.25) is 0 Å². The number of piperazine rings is 1. The Hall–Kier alpha value is -3.71. The van der Waals surface area contributed by atoms with E-state index in [-0.39, 0.29) is 0 Å². The first kappa shape index (κ1) is 20.2. The number of aryl methyl sites for hydroxylation is 1. The summed E-state index contributed by atoms with van der Waals surface area (Å²) in [5.41, 5.74) is 4.36. The lowest BCUT2D eigenvalue weighted by Gasteiger charge is -2.28. The SMILES string of the molecule is C/C=C(/Nc1cc2cc(-c3cnn(C)c3)ccc2cn1)c1ccnc(N2CCNCC2)c1. The van der Waals surface area contributed by atoms with Crippen molar-refractivity contribution in [3.63, 3.8) is 0 Å². The number of allylic oxidation sites excluding steroid dienone is 1. The summed E-state index contributed by atoms with van der Waals surface area (Å²) in [6, 6.07) is 12.7. The van der Waals surface area contributed by atoms with Gasteiger partial charge in [-0.15, -0.1) is 0 Å². The first-order valence-electron chi connectivity index (χ1n) is 10.9. The lowest BCUT2D eigenvalue weighted by atomic mass is 10.0. The number of fused-ring (bicyclic) bond motifs is 1. The predicted molar refractivity (Wildman–Crippen MR) is 131 cm³/mol. The third-order valence-electron chi connectivity index (χ3n) is 5.81. The van der Waals surface area contributed by atoms with Crippen molar-refractivity contribution in [3.05, 3.63) is 72.8 Å². The van der Waals surface area contributed by atoms with Crippen molar-refractivity contribution in [2.45, 2.75) is 6.92 Å². The van der Waals surface area contributed by atoms with Gasteiger partial charge in [0.15, 0.2) is 0 Å². The summed E-state index contributed by atoms with van der Waals surface area (Å²) in [7, 11) is 1.93. The molecule has 4 heterocycles. The number of anilines is 2. The molecule has 7 nitrogen and oxygen atoms in total. The smallest absolute Gasteiger partial charge is 0.130 e. The second kappa shape index (κ2) is 8.80. The number of rotatable bonds is 5. The van der Waals surface area contributed by atoms with Crippen LogP contribution in [0.4, 0.5) is 11.6 Å². The minimum atomic E-state index is 0.814. The topological polar surface area (TPSA) is 70.9 Å². The largest absolute Gasteiger partial charge is 0.354 e. The van der Waals surface area contributed by atoms with Crippen LogP contribution in [0.1, 0.15) is 12.5 Å². The van der Waals surface area contributed by atoms with Gasteiger partial charge in [0.25, 0.3) is 0 Å². The van der Waals surface area contributed by atoms with Gasteiger partial charge in [0.05, 0.1) is 6.20 Å². The number of hydrogen-bond acceptors (Lipinski definition) is 6. The molecule has 32 heavy (non-hydrogen) atoms. The normalized spacial score (nSPS) is 14.7. The zero-order valence-electron chi connectivity index (χ0n) is 18.4. The van der Waals surface area contributed by atoms with Crippen LogP contribution in [0.25, 0.3) is 27.6 Å². The number of pyridine rings is 2. The first-order valence-corrected chi connectivity index (χ1v) is 10.9. The summed E-state index contributed by atoms with van der Waals surface area (Å²) in [6.45, 7) is 5.96. The van der Waals surface area contributed by atoms with Crippen molar-refractivity contribution < 1.29 is 0 Å². The van der Waals surface area contributed by atoms with Crippen molar-refractivity contribution in [1.29, 1.82) is 0 Å². The highest BCUT2D eigenvalue weighted by Crippen LogP contribution is 2.27. The summed E-state index contributed by atoms with van der Waals surface area (Å²) in [6.07, 6.45) is 9.79. The van der Waals surface area contributed by atoms with Gasteiger partial charge in [-0.2, -0.15) is 5.10 Å². The Morgan fingerprint density at radius 3 is 2.66 bits per heavy atom. The lowest BCUT2D eigenvalue weighted by Crippen LogP contribution is -2.43. The van der Waals surface area contributed by atoms with E-state index in [9.17, 15) is 0 Å². The Morgan fingerprint density at radius 1 is 1.00 bits per heavy atom. The Morgan fingerprint density at radius 2 is 1.88 bits per heavy atom. The Labute approximate surface area is 187 Å². The number of nitrogens with zero attached hydrogens (tertiary/aromatic N) is 5. The number of nitrogens with one attached hydrogen (secondary N) is 2. The van der Waals surface area contributed by atoms with Gasteiger partial charge in [0.1, 0.15) is 11.6 Å². The van der Waals surface area contributed by atoms with Gasteiger partial charge >= 0.3 is 0 Å². The molecule has 0 radical (unpaired) electrons. The summed E-state index contributed by atoms with van der Waals surface area (Å²) in [4.78, 5) is 11.5. The first-order chi connectivity index (χ1) is 15.7. The van der Waals surface area contributed by atoms with Crippen LogP contribution in [0.2, 0.25) is 0 Å². The van der Waals surface area contributed by atoms with Crippen molar-refractivity contribution in [2.75, 3.05) is 36.4 Å². The van der Waals surface area contributed by atoms with E-state index in [4.69, 9.17) is 0 Å². The van der Waals surface area contributed by atoms with Gasteiger partial charge in [-0.3, -0.25) is 4.68 Å². The fourth-order valence-electron chi connectivity index (χ4n) is 4.06. The van der Waals surface area contributed by atoms with E-state index in [0.29, 0.717) is 0 Å². The number of aromatic nitrogens is 4. The van der Waals surface area contributed by atoms with E-state index in [2.05, 4.69) is 67.0 Å². The van der Waals surface area contributed by atoms with E-state index in [1.165, 1.54) is 0 Å². The third kappa shape index (κ3) is 4.20. The van der Waals surface area contributed by atoms with Gasteiger partial charge < -0.3 is 15.5 Å². The van der Waals surface area contributed by atoms with Crippen LogP contribution >= 0.6 is 0 Å². The average Bonchev–Trinajstić information content (AvgIpc) is 3.29. The highest BCUT2D eigenvalue weighted by atomic mass is 15.2. The molecule has 1 fully saturated rings. The minimum absolute atomic E-state index is 0.814. The molecule has 1 aliphatic rings. The van der Waals surface area contributed by atoms with Crippen molar-refractivity contribution in [2.24, 2.45) is 7.05 Å². The molecule has 0 aliphatic carbocycles. The van der Waals surface area contributed by atoms with Gasteiger partial charge in [-0.1, -0.05) is 18.2 Å². The van der Waals surface area contributed by atoms with Crippen LogP contribution in [0.15, 0.2) is 67.3 Å². The van der Waals surface area contributed by atoms with Crippen molar-refractivity contribution in [1.82, 2.24) is 25.1 Å². The molecule has 0 spiro atoms. The van der Waals surface area contributed by atoms with E-state index in [1.807, 2.05) is 49.5 Å². The van der Waals surface area contributed by atoms with E-state index >= 15 is 0 Å². The Bertz CT molecular complexity index is 1270. The van der Waals surface area contributed by atoms with Gasteiger partial charge in [0, 0.05) is 74.0 Å². The molecule has 0 saturated carbocycles. The molecular formula is C25H27N7. The highest BCUT2D eigenvalue weighted by Gasteiger charge is 2.13. The van der Waals surface area contributed by atoms with Crippen LogP contribution in [0, 0.1) is 0 Å². The maximum Gasteiger partial charge on any atom is 0.130 e. The molecule has 1 aromatic carbocycles. The zero-order valence-corrected chi connectivity index (χ0v) is 18.4. The van der Waals surface area contributed by atoms with E-state index < -0.39 is 0 Å². The second-order valence-electron chi connectivity index (χ2n) is 8.00. The quantitative estimate of drug-likeness (QED) is 0.505. The lowest BCUT2D eigenvalue weighted by molar-refractivity contribution is 0.585. The van der Waals surface area contributed by atoms with Gasteiger partial charge in [-0.25, -0.2) is 9.97 Å². The van der Waals surface area contributed by atoms with E-state index in [0.717, 1.165) is 71.0 Å². The molecule has 5 rings (SSSR count). The molecule has 7 heteroatoms. The summed E-state index contributed by atoms with van der Waals surface area (Å²) < 4.78 is 1.82. The molecule has 0 amide bonds. The fourth-order valence-corrected chi connectivity index (χ4v) is 4.06. The van der Waals surface area contributed by atoms with Crippen LogP contribution in [0.5, 0.6) is 0 Å². The summed E-state index contributed by atoms with van der Waals surface area (Å²) >= 11 is 0. The highest BCUT2D eigenvalue weighted by molar-refractivity contribution is 5.89. The number of hydrogen-bond donors (Lipinski definition) is 2. The average molecular weight is 426 g/mol. The molecule has 0 bridgehead atoms. The monoisotopic (exact) mass is 425 g/mol. The summed E-state index contributed by atoms with van der Waals surface area (Å²) in [5.74, 6) is 1.83. The van der Waals surface area contributed by atoms with Crippen molar-refractivity contribution >= 4 is 28.1 Å². The zero-order chi connectivity index (χ0) is 21.9. The van der Waals surface area contributed by atoms with Crippen LogP contribution in [-0.2, 0) is 7.05 Å². The molecule has 3 aromatic heterocycles. The molecule has 2 N–H and O–H groups in total. The predicted octanol–water partition coefficient (Wildman–Crippen LogP) is 3.91. The molecule has 1 aliphatic heterocycles. The third-order valence-corrected chi connectivity index (χ3v) is 5.81. The maximum absolute atomic E-state index is 4.64. The van der Waals surface area contributed by atoms with E-state index in [1.54, 1.807) is 0 Å². The molecule has 0 atom stereocenters. The molecular weight excluding hydrogens is 398 g/mol. The van der Waals surface area contributed by atoms with Crippen LogP contribution in [0.3, 0.4) is 0 Å². The van der Waals surface area contributed by atoms with Crippen LogP contribution in [-0.4, -0.2) is 45.9 Å². The summed E-state index contributed by atoms with van der Waals surface area (Å²) in [5, 5.41) is 13.4. The van der Waals surface area contributed by atoms with Gasteiger partial charge in [-0.05, 0) is 42.1 Å². The molecule has 1 saturated heterocycles. The Kier molecular flexibility index (Phi) is 5.56. The van der Waals surface area contributed by atoms with Crippen molar-refractivity contribution in [3.8, 4) is 11.1 Å². The second-order valence-corrected chi connectivity index (χ2v) is 8.00. The van der Waals surface area contributed by atoms with Crippen LogP contribution < -0.4 is 15.5 Å².